The number of halogens is 2. The smallest absolute Gasteiger partial charge is 0.338 e. The van der Waals surface area contributed by atoms with Gasteiger partial charge in [0.25, 0.3) is 0 Å². The van der Waals surface area contributed by atoms with Crippen molar-refractivity contribution in [1.82, 2.24) is 0 Å². The van der Waals surface area contributed by atoms with E-state index in [1.165, 1.54) is 6.92 Å². The molecule has 0 heterocycles. The van der Waals surface area contributed by atoms with E-state index in [9.17, 15) is 9.59 Å². The SMILES string of the molecule is CCOC(=O)c1cc(I)cc(I)c1C(C)=O. The molecule has 0 radical (unpaired) electrons. The summed E-state index contributed by atoms with van der Waals surface area (Å²) in [5.74, 6) is -0.562. The van der Waals surface area contributed by atoms with Crippen molar-refractivity contribution in [3.05, 3.63) is 30.4 Å². The zero-order valence-corrected chi connectivity index (χ0v) is 13.2. The van der Waals surface area contributed by atoms with Crippen LogP contribution in [0.25, 0.3) is 0 Å². The van der Waals surface area contributed by atoms with Crippen molar-refractivity contribution in [1.29, 1.82) is 0 Å². The predicted molar refractivity (Wildman–Crippen MR) is 77.8 cm³/mol. The van der Waals surface area contributed by atoms with Gasteiger partial charge in [-0.3, -0.25) is 4.79 Å². The molecule has 0 N–H and O–H groups in total. The zero-order chi connectivity index (χ0) is 12.3. The van der Waals surface area contributed by atoms with E-state index in [1.807, 2.05) is 6.07 Å². The molecule has 86 valence electrons. The van der Waals surface area contributed by atoms with Crippen LogP contribution in [0.4, 0.5) is 0 Å². The summed E-state index contributed by atoms with van der Waals surface area (Å²) in [5, 5.41) is 0. The Morgan fingerprint density at radius 2 is 1.94 bits per heavy atom. The summed E-state index contributed by atoms with van der Waals surface area (Å²) in [6.45, 7) is 3.50. The van der Waals surface area contributed by atoms with Crippen LogP contribution in [0.5, 0.6) is 0 Å². The molecule has 0 bridgehead atoms. The van der Waals surface area contributed by atoms with Gasteiger partial charge in [0, 0.05) is 12.7 Å². The molecule has 0 unspecified atom stereocenters. The van der Waals surface area contributed by atoms with Crippen LogP contribution in [0.2, 0.25) is 0 Å². The van der Waals surface area contributed by atoms with Crippen molar-refractivity contribution in [3.63, 3.8) is 0 Å². The maximum atomic E-state index is 11.7. The van der Waals surface area contributed by atoms with E-state index < -0.39 is 5.97 Å². The summed E-state index contributed by atoms with van der Waals surface area (Å²) < 4.78 is 6.62. The number of benzene rings is 1. The molecule has 5 heteroatoms. The van der Waals surface area contributed by atoms with Crippen LogP contribution < -0.4 is 0 Å². The molecular weight excluding hydrogens is 434 g/mol. The standard InChI is InChI=1S/C11H10I2O3/c1-3-16-11(15)8-4-7(12)5-9(13)10(8)6(2)14/h4-5H,3H2,1-2H3. The number of carbonyl (C=O) groups is 2. The minimum absolute atomic E-state index is 0.121. The fourth-order valence-corrected chi connectivity index (χ4v) is 3.53. The molecular formula is C11H10I2O3. The summed E-state index contributed by atoms with van der Waals surface area (Å²) in [6.07, 6.45) is 0. The molecule has 0 saturated carbocycles. The van der Waals surface area contributed by atoms with Crippen LogP contribution in [0, 0.1) is 7.14 Å². The Hall–Kier alpha value is -0.180. The van der Waals surface area contributed by atoms with Crippen molar-refractivity contribution in [3.8, 4) is 0 Å². The second kappa shape index (κ2) is 5.95. The molecule has 0 aliphatic heterocycles. The molecule has 1 rings (SSSR count). The summed E-state index contributed by atoms with van der Waals surface area (Å²) >= 11 is 4.16. The van der Waals surface area contributed by atoms with Gasteiger partial charge >= 0.3 is 5.97 Å². The highest BCUT2D eigenvalue weighted by Gasteiger charge is 2.19. The van der Waals surface area contributed by atoms with E-state index in [2.05, 4.69) is 45.2 Å². The van der Waals surface area contributed by atoms with E-state index >= 15 is 0 Å². The number of hydrogen-bond acceptors (Lipinski definition) is 3. The fraction of sp³-hybridized carbons (Fsp3) is 0.273. The summed E-state index contributed by atoms with van der Waals surface area (Å²) in [6, 6.07) is 3.54. The first kappa shape index (κ1) is 13.9. The lowest BCUT2D eigenvalue weighted by atomic mass is 10.0. The van der Waals surface area contributed by atoms with Crippen LogP contribution in [-0.2, 0) is 4.74 Å². The number of esters is 1. The highest BCUT2D eigenvalue weighted by atomic mass is 127. The van der Waals surface area contributed by atoms with Gasteiger partial charge in [-0.25, -0.2) is 4.79 Å². The van der Waals surface area contributed by atoms with Gasteiger partial charge in [0.15, 0.2) is 5.78 Å². The first-order chi connectivity index (χ1) is 7.47. The first-order valence-corrected chi connectivity index (χ1v) is 6.80. The Bertz CT molecular complexity index is 441. The van der Waals surface area contributed by atoms with E-state index in [-0.39, 0.29) is 5.78 Å². The average molecular weight is 444 g/mol. The average Bonchev–Trinajstić information content (AvgIpc) is 2.15. The number of rotatable bonds is 3. The van der Waals surface area contributed by atoms with Crippen molar-refractivity contribution in [2.75, 3.05) is 6.61 Å². The molecule has 0 saturated heterocycles. The third-order valence-electron chi connectivity index (χ3n) is 1.90. The number of ether oxygens (including phenoxy) is 1. The zero-order valence-electron chi connectivity index (χ0n) is 8.84. The Morgan fingerprint density at radius 1 is 1.31 bits per heavy atom. The van der Waals surface area contributed by atoms with Crippen LogP contribution in [0.3, 0.4) is 0 Å². The normalized spacial score (nSPS) is 10.0. The van der Waals surface area contributed by atoms with Gasteiger partial charge in [-0.05, 0) is 71.2 Å². The van der Waals surface area contributed by atoms with Crippen molar-refractivity contribution in [2.45, 2.75) is 13.8 Å². The minimum Gasteiger partial charge on any atom is -0.462 e. The van der Waals surface area contributed by atoms with Crippen LogP contribution in [0.15, 0.2) is 12.1 Å². The number of Topliss-reactive ketones (excluding diaryl/α,β-unsaturated/α-hetero) is 1. The molecule has 0 amide bonds. The molecule has 0 aliphatic carbocycles. The maximum absolute atomic E-state index is 11.7. The van der Waals surface area contributed by atoms with Gasteiger partial charge in [0.1, 0.15) is 0 Å². The monoisotopic (exact) mass is 444 g/mol. The van der Waals surface area contributed by atoms with Gasteiger partial charge < -0.3 is 4.74 Å². The quantitative estimate of drug-likeness (QED) is 0.409. The molecule has 1 aromatic carbocycles. The van der Waals surface area contributed by atoms with Crippen molar-refractivity contribution >= 4 is 56.9 Å². The summed E-state index contributed by atoms with van der Waals surface area (Å²) in [7, 11) is 0. The Morgan fingerprint density at radius 3 is 2.44 bits per heavy atom. The molecule has 1 aromatic rings. The van der Waals surface area contributed by atoms with Crippen LogP contribution in [-0.4, -0.2) is 18.4 Å². The molecule has 0 fully saturated rings. The molecule has 0 aromatic heterocycles. The largest absolute Gasteiger partial charge is 0.462 e. The lowest BCUT2D eigenvalue weighted by molar-refractivity contribution is 0.0523. The number of ketones is 1. The predicted octanol–water partition coefficient (Wildman–Crippen LogP) is 3.28. The van der Waals surface area contributed by atoms with Gasteiger partial charge in [-0.1, -0.05) is 0 Å². The van der Waals surface area contributed by atoms with Gasteiger partial charge in [0.2, 0.25) is 0 Å². The lowest BCUT2D eigenvalue weighted by Crippen LogP contribution is -2.12. The molecule has 0 aliphatic rings. The fourth-order valence-electron chi connectivity index (χ4n) is 1.30. The summed E-state index contributed by atoms with van der Waals surface area (Å²) in [5.41, 5.74) is 0.796. The third-order valence-corrected chi connectivity index (χ3v) is 3.38. The lowest BCUT2D eigenvalue weighted by Gasteiger charge is -2.09. The number of hydrogen-bond donors (Lipinski definition) is 0. The van der Waals surface area contributed by atoms with Crippen LogP contribution >= 0.6 is 45.2 Å². The van der Waals surface area contributed by atoms with Crippen LogP contribution in [0.1, 0.15) is 34.6 Å². The van der Waals surface area contributed by atoms with E-state index in [0.29, 0.717) is 17.7 Å². The van der Waals surface area contributed by atoms with Gasteiger partial charge in [0.05, 0.1) is 12.2 Å². The van der Waals surface area contributed by atoms with Gasteiger partial charge in [-0.2, -0.15) is 0 Å². The molecule has 0 atom stereocenters. The third kappa shape index (κ3) is 3.16. The maximum Gasteiger partial charge on any atom is 0.338 e. The van der Waals surface area contributed by atoms with Crippen molar-refractivity contribution < 1.29 is 14.3 Å². The summed E-state index contributed by atoms with van der Waals surface area (Å²) in [4.78, 5) is 23.2. The van der Waals surface area contributed by atoms with E-state index in [1.54, 1.807) is 13.0 Å². The van der Waals surface area contributed by atoms with E-state index in [0.717, 1.165) is 7.14 Å². The van der Waals surface area contributed by atoms with Gasteiger partial charge in [-0.15, -0.1) is 0 Å². The second-order valence-electron chi connectivity index (χ2n) is 3.09. The second-order valence-corrected chi connectivity index (χ2v) is 5.49. The molecule has 16 heavy (non-hydrogen) atoms. The topological polar surface area (TPSA) is 43.4 Å². The number of carbonyl (C=O) groups excluding carboxylic acids is 2. The minimum atomic E-state index is -0.441. The Balaban J connectivity index is 3.35. The Kier molecular flexibility index (Phi) is 5.16. The highest BCUT2D eigenvalue weighted by Crippen LogP contribution is 2.22. The first-order valence-electron chi connectivity index (χ1n) is 4.64. The Labute approximate surface area is 121 Å². The van der Waals surface area contributed by atoms with E-state index in [4.69, 9.17) is 4.74 Å². The molecule has 0 spiro atoms. The van der Waals surface area contributed by atoms with Crippen molar-refractivity contribution in [2.24, 2.45) is 0 Å². The molecule has 3 nitrogen and oxygen atoms in total. The highest BCUT2D eigenvalue weighted by molar-refractivity contribution is 14.1.